The van der Waals surface area contributed by atoms with Crippen LogP contribution in [0.25, 0.3) is 11.1 Å². The molecule has 2 rings (SSSR count). The lowest BCUT2D eigenvalue weighted by Gasteiger charge is -2.07. The summed E-state index contributed by atoms with van der Waals surface area (Å²) in [4.78, 5) is 14.9. The fourth-order valence-electron chi connectivity index (χ4n) is 1.74. The van der Waals surface area contributed by atoms with E-state index in [1.807, 2.05) is 44.2 Å². The van der Waals surface area contributed by atoms with Crippen molar-refractivity contribution in [2.24, 2.45) is 0 Å². The highest BCUT2D eigenvalue weighted by atomic mass is 16.1. The van der Waals surface area contributed by atoms with Gasteiger partial charge in [0, 0.05) is 17.5 Å². The van der Waals surface area contributed by atoms with E-state index in [4.69, 9.17) is 0 Å². The Hall–Kier alpha value is -1.96. The van der Waals surface area contributed by atoms with Crippen LogP contribution in [-0.4, -0.2) is 11.3 Å². The Kier molecular flexibility index (Phi) is 2.82. The number of benzene rings is 1. The predicted octanol–water partition coefficient (Wildman–Crippen LogP) is 3.18. The molecule has 80 valence electrons. The summed E-state index contributed by atoms with van der Waals surface area (Å²) in [5, 5.41) is 0. The molecule has 0 aliphatic rings. The second-order valence-corrected chi connectivity index (χ2v) is 3.88. The van der Waals surface area contributed by atoms with Gasteiger partial charge in [0.1, 0.15) is 6.29 Å². The molecule has 0 saturated heterocycles. The number of aryl methyl sites for hydroxylation is 2. The Balaban J connectivity index is 2.58. The van der Waals surface area contributed by atoms with Gasteiger partial charge in [-0.2, -0.15) is 0 Å². The second-order valence-electron chi connectivity index (χ2n) is 3.88. The van der Waals surface area contributed by atoms with Crippen LogP contribution in [-0.2, 0) is 0 Å². The van der Waals surface area contributed by atoms with Crippen molar-refractivity contribution in [3.8, 4) is 11.1 Å². The Morgan fingerprint density at radius 1 is 1.12 bits per heavy atom. The topological polar surface area (TPSA) is 30.0 Å². The van der Waals surface area contributed by atoms with Gasteiger partial charge in [-0.15, -0.1) is 0 Å². The highest BCUT2D eigenvalue weighted by Crippen LogP contribution is 2.24. The van der Waals surface area contributed by atoms with Crippen molar-refractivity contribution in [1.82, 2.24) is 4.98 Å². The molecule has 0 radical (unpaired) electrons. The summed E-state index contributed by atoms with van der Waals surface area (Å²) in [5.74, 6) is 0. The van der Waals surface area contributed by atoms with E-state index >= 15 is 0 Å². The van der Waals surface area contributed by atoms with Crippen LogP contribution in [0, 0.1) is 13.8 Å². The minimum Gasteiger partial charge on any atom is -0.298 e. The summed E-state index contributed by atoms with van der Waals surface area (Å²) in [6, 6.07) is 9.70. The summed E-state index contributed by atoms with van der Waals surface area (Å²) < 4.78 is 0. The summed E-state index contributed by atoms with van der Waals surface area (Å²) in [6.07, 6.45) is 2.66. The number of nitrogens with zero attached hydrogens (tertiary/aromatic N) is 1. The lowest BCUT2D eigenvalue weighted by Crippen LogP contribution is -1.89. The van der Waals surface area contributed by atoms with E-state index in [9.17, 15) is 4.79 Å². The second kappa shape index (κ2) is 4.27. The first-order chi connectivity index (χ1) is 7.70. The van der Waals surface area contributed by atoms with E-state index in [1.54, 1.807) is 6.20 Å². The molecule has 0 fully saturated rings. The molecule has 1 aromatic carbocycles. The van der Waals surface area contributed by atoms with Crippen LogP contribution in [0.5, 0.6) is 0 Å². The largest absolute Gasteiger partial charge is 0.298 e. The molecule has 2 heteroatoms. The highest BCUT2D eigenvalue weighted by molar-refractivity contribution is 5.80. The highest BCUT2D eigenvalue weighted by Gasteiger charge is 2.03. The van der Waals surface area contributed by atoms with Gasteiger partial charge in [-0.3, -0.25) is 9.78 Å². The monoisotopic (exact) mass is 211 g/mol. The van der Waals surface area contributed by atoms with Gasteiger partial charge in [0.05, 0.1) is 0 Å². The molecule has 1 heterocycles. The van der Waals surface area contributed by atoms with Crippen molar-refractivity contribution in [2.75, 3.05) is 0 Å². The Labute approximate surface area is 95.0 Å². The Morgan fingerprint density at radius 3 is 2.62 bits per heavy atom. The van der Waals surface area contributed by atoms with Crippen LogP contribution < -0.4 is 0 Å². The maximum absolute atomic E-state index is 10.8. The van der Waals surface area contributed by atoms with E-state index in [1.165, 1.54) is 0 Å². The van der Waals surface area contributed by atoms with Crippen LogP contribution in [0.4, 0.5) is 0 Å². The number of hydrogen-bond donors (Lipinski definition) is 0. The van der Waals surface area contributed by atoms with Gasteiger partial charge < -0.3 is 0 Å². The van der Waals surface area contributed by atoms with Crippen molar-refractivity contribution in [1.29, 1.82) is 0 Å². The molecule has 0 unspecified atom stereocenters. The maximum Gasteiger partial charge on any atom is 0.150 e. The Morgan fingerprint density at radius 2 is 1.94 bits per heavy atom. The number of aromatic nitrogens is 1. The quantitative estimate of drug-likeness (QED) is 0.714. The molecule has 2 aromatic rings. The molecule has 1 aromatic heterocycles. The zero-order chi connectivity index (χ0) is 11.5. The first kappa shape index (κ1) is 10.6. The van der Waals surface area contributed by atoms with Gasteiger partial charge in [0.25, 0.3) is 0 Å². The third-order valence-electron chi connectivity index (χ3n) is 2.61. The summed E-state index contributed by atoms with van der Waals surface area (Å²) in [5.41, 5.74) is 5.04. The predicted molar refractivity (Wildman–Crippen MR) is 64.5 cm³/mol. The average molecular weight is 211 g/mol. The molecule has 0 aliphatic heterocycles. The van der Waals surface area contributed by atoms with E-state index < -0.39 is 0 Å². The fourth-order valence-corrected chi connectivity index (χ4v) is 1.74. The normalized spacial score (nSPS) is 10.1. The van der Waals surface area contributed by atoms with Gasteiger partial charge >= 0.3 is 0 Å². The van der Waals surface area contributed by atoms with Crippen LogP contribution in [0.2, 0.25) is 0 Å². The first-order valence-electron chi connectivity index (χ1n) is 5.19. The van der Waals surface area contributed by atoms with E-state index in [2.05, 4.69) is 4.98 Å². The Bertz CT molecular complexity index is 532. The molecule has 0 amide bonds. The van der Waals surface area contributed by atoms with Crippen LogP contribution in [0.3, 0.4) is 0 Å². The molecular formula is C14H13NO. The van der Waals surface area contributed by atoms with Gasteiger partial charge in [0.2, 0.25) is 0 Å². The number of aldehydes is 1. The maximum atomic E-state index is 10.8. The number of rotatable bonds is 2. The smallest absolute Gasteiger partial charge is 0.150 e. The standard InChI is InChI=1S/C14H13NO/c1-10-3-4-12(9-16)8-14(10)13-5-6-15-11(2)7-13/h3-9H,1-2H3. The van der Waals surface area contributed by atoms with Crippen molar-refractivity contribution in [2.45, 2.75) is 13.8 Å². The van der Waals surface area contributed by atoms with Gasteiger partial charge in [-0.25, -0.2) is 0 Å². The van der Waals surface area contributed by atoms with Crippen molar-refractivity contribution in [3.05, 3.63) is 53.3 Å². The van der Waals surface area contributed by atoms with E-state index in [0.29, 0.717) is 5.56 Å². The summed E-state index contributed by atoms with van der Waals surface area (Å²) in [6.45, 7) is 4.00. The van der Waals surface area contributed by atoms with Crippen molar-refractivity contribution in [3.63, 3.8) is 0 Å². The van der Waals surface area contributed by atoms with E-state index in [0.717, 1.165) is 28.7 Å². The minimum absolute atomic E-state index is 0.704. The molecular weight excluding hydrogens is 198 g/mol. The van der Waals surface area contributed by atoms with Crippen molar-refractivity contribution >= 4 is 6.29 Å². The van der Waals surface area contributed by atoms with Gasteiger partial charge in [-0.1, -0.05) is 12.1 Å². The zero-order valence-electron chi connectivity index (χ0n) is 9.40. The molecule has 0 bridgehead atoms. The number of hydrogen-bond acceptors (Lipinski definition) is 2. The third-order valence-corrected chi connectivity index (χ3v) is 2.61. The average Bonchev–Trinajstić information content (AvgIpc) is 2.30. The molecule has 16 heavy (non-hydrogen) atoms. The third kappa shape index (κ3) is 2.01. The SMILES string of the molecule is Cc1cc(-c2cc(C=O)ccc2C)ccn1. The molecule has 2 nitrogen and oxygen atoms in total. The lowest BCUT2D eigenvalue weighted by molar-refractivity contribution is 0.112. The van der Waals surface area contributed by atoms with Gasteiger partial charge in [-0.05, 0) is 48.7 Å². The van der Waals surface area contributed by atoms with Crippen LogP contribution >= 0.6 is 0 Å². The molecule has 0 saturated carbocycles. The molecule has 0 atom stereocenters. The first-order valence-corrected chi connectivity index (χ1v) is 5.19. The number of pyridine rings is 1. The van der Waals surface area contributed by atoms with Crippen LogP contribution in [0.1, 0.15) is 21.6 Å². The minimum atomic E-state index is 0.704. The number of carbonyl (C=O) groups is 1. The number of carbonyl (C=O) groups excluding carboxylic acids is 1. The molecule has 0 spiro atoms. The summed E-state index contributed by atoms with van der Waals surface area (Å²) >= 11 is 0. The van der Waals surface area contributed by atoms with Gasteiger partial charge in [0.15, 0.2) is 0 Å². The fraction of sp³-hybridized carbons (Fsp3) is 0.143. The van der Waals surface area contributed by atoms with Crippen molar-refractivity contribution < 1.29 is 4.79 Å². The molecule has 0 N–H and O–H groups in total. The van der Waals surface area contributed by atoms with Crippen LogP contribution in [0.15, 0.2) is 36.5 Å². The van der Waals surface area contributed by atoms with E-state index in [-0.39, 0.29) is 0 Å². The summed E-state index contributed by atoms with van der Waals surface area (Å²) in [7, 11) is 0. The lowest BCUT2D eigenvalue weighted by atomic mass is 9.99. The molecule has 0 aliphatic carbocycles. The zero-order valence-corrected chi connectivity index (χ0v) is 9.40.